The van der Waals surface area contributed by atoms with Crippen LogP contribution in [0, 0.1) is 0 Å². The predicted molar refractivity (Wildman–Crippen MR) is 177 cm³/mol. The molecule has 7 rings (SSSR count). The second kappa shape index (κ2) is 13.5. The predicted octanol–water partition coefficient (Wildman–Crippen LogP) is 7.60. The molecule has 3 heterocycles. The average Bonchev–Trinajstić information content (AvgIpc) is 3.58. The van der Waals surface area contributed by atoms with Crippen LogP contribution in [0.5, 0.6) is 11.5 Å². The second-order valence-electron chi connectivity index (χ2n) is 10.9. The molecule has 7 heteroatoms. The van der Waals surface area contributed by atoms with Crippen molar-refractivity contribution in [2.24, 2.45) is 0 Å². The van der Waals surface area contributed by atoms with Crippen molar-refractivity contribution in [1.82, 2.24) is 14.8 Å². The highest BCUT2D eigenvalue weighted by atomic mass is 16.5. The molecule has 0 amide bonds. The van der Waals surface area contributed by atoms with Gasteiger partial charge in [0.2, 0.25) is 0 Å². The Bertz CT molecular complexity index is 1840. The number of morpholine rings is 1. The van der Waals surface area contributed by atoms with Gasteiger partial charge in [-0.05, 0) is 59.7 Å². The van der Waals surface area contributed by atoms with Gasteiger partial charge >= 0.3 is 0 Å². The van der Waals surface area contributed by atoms with Crippen LogP contribution in [0.3, 0.4) is 0 Å². The zero-order valence-electron chi connectivity index (χ0n) is 25.0. The minimum atomic E-state index is 0.422. The summed E-state index contributed by atoms with van der Waals surface area (Å²) in [6.07, 6.45) is 1.79. The minimum absolute atomic E-state index is 0.422. The Kier molecular flexibility index (Phi) is 8.51. The molecule has 224 valence electrons. The van der Waals surface area contributed by atoms with Gasteiger partial charge in [-0.15, -0.1) is 0 Å². The highest BCUT2D eigenvalue weighted by molar-refractivity contribution is 5.74. The van der Waals surface area contributed by atoms with Gasteiger partial charge in [0.25, 0.3) is 0 Å². The Hall–Kier alpha value is -5.40. The topological polar surface area (TPSA) is 61.6 Å². The van der Waals surface area contributed by atoms with Crippen LogP contribution >= 0.6 is 0 Å². The van der Waals surface area contributed by atoms with E-state index in [9.17, 15) is 0 Å². The van der Waals surface area contributed by atoms with Crippen molar-refractivity contribution in [3.8, 4) is 39.8 Å². The van der Waals surface area contributed by atoms with Gasteiger partial charge in [0.05, 0.1) is 24.6 Å². The molecule has 0 spiro atoms. The summed E-state index contributed by atoms with van der Waals surface area (Å²) in [5.41, 5.74) is 7.09. The van der Waals surface area contributed by atoms with Crippen LogP contribution < -0.4 is 14.4 Å². The largest absolute Gasteiger partial charge is 0.485 e. The third-order valence-corrected chi connectivity index (χ3v) is 7.81. The van der Waals surface area contributed by atoms with Crippen molar-refractivity contribution in [3.63, 3.8) is 0 Å². The van der Waals surface area contributed by atoms with Crippen LogP contribution in [-0.4, -0.2) is 41.1 Å². The van der Waals surface area contributed by atoms with E-state index in [1.54, 1.807) is 6.20 Å². The summed E-state index contributed by atoms with van der Waals surface area (Å²) < 4.78 is 20.2. The number of anilines is 1. The fourth-order valence-corrected chi connectivity index (χ4v) is 5.44. The van der Waals surface area contributed by atoms with Crippen molar-refractivity contribution in [3.05, 3.63) is 145 Å². The van der Waals surface area contributed by atoms with Crippen LogP contribution in [0.25, 0.3) is 28.3 Å². The fraction of sp³-hybridized carbons (Fsp3) is 0.158. The van der Waals surface area contributed by atoms with E-state index in [2.05, 4.69) is 70.5 Å². The molecule has 2 aromatic heterocycles. The Labute approximate surface area is 263 Å². The van der Waals surface area contributed by atoms with Gasteiger partial charge in [0, 0.05) is 36.1 Å². The molecule has 1 aliphatic heterocycles. The number of hydrogen-bond acceptors (Lipinski definition) is 6. The zero-order valence-corrected chi connectivity index (χ0v) is 25.0. The molecule has 0 bridgehead atoms. The summed E-state index contributed by atoms with van der Waals surface area (Å²) in [4.78, 5) is 6.99. The number of pyridine rings is 1. The molecule has 45 heavy (non-hydrogen) atoms. The van der Waals surface area contributed by atoms with Gasteiger partial charge in [0.15, 0.2) is 17.3 Å². The number of nitrogens with zero attached hydrogens (tertiary/aromatic N) is 4. The molecule has 0 unspecified atom stereocenters. The lowest BCUT2D eigenvalue weighted by atomic mass is 10.1. The first-order chi connectivity index (χ1) is 22.3. The van der Waals surface area contributed by atoms with Crippen molar-refractivity contribution in [2.45, 2.75) is 13.2 Å². The monoisotopic (exact) mass is 594 g/mol. The summed E-state index contributed by atoms with van der Waals surface area (Å²) in [5, 5.41) is 5.07. The maximum absolute atomic E-state index is 6.41. The lowest BCUT2D eigenvalue weighted by Gasteiger charge is -2.29. The molecular weight excluding hydrogens is 560 g/mol. The molecule has 0 N–H and O–H groups in total. The van der Waals surface area contributed by atoms with Gasteiger partial charge in [-0.25, -0.2) is 9.67 Å². The lowest BCUT2D eigenvalue weighted by Crippen LogP contribution is -2.36. The van der Waals surface area contributed by atoms with E-state index in [1.807, 2.05) is 71.4 Å². The Morgan fingerprint density at radius 2 is 1.33 bits per heavy atom. The summed E-state index contributed by atoms with van der Waals surface area (Å²) >= 11 is 0. The average molecular weight is 595 g/mol. The highest BCUT2D eigenvalue weighted by Gasteiger charge is 2.18. The van der Waals surface area contributed by atoms with Crippen molar-refractivity contribution in [1.29, 1.82) is 0 Å². The quantitative estimate of drug-likeness (QED) is 0.163. The maximum Gasteiger partial charge on any atom is 0.162 e. The highest BCUT2D eigenvalue weighted by Crippen LogP contribution is 2.36. The molecule has 6 aromatic rings. The summed E-state index contributed by atoms with van der Waals surface area (Å²) in [6.45, 7) is 4.09. The SMILES string of the molecule is c1ccc(COc2ccc(-c3cc(-c4cccc(N5CCOCC5)c4)nn3-c3ccccn3)cc2OCc2ccccc2)cc1. The van der Waals surface area contributed by atoms with E-state index >= 15 is 0 Å². The zero-order chi connectivity index (χ0) is 30.3. The molecule has 0 atom stereocenters. The summed E-state index contributed by atoms with van der Waals surface area (Å²) in [6, 6.07) is 42.9. The molecule has 1 saturated heterocycles. The second-order valence-corrected chi connectivity index (χ2v) is 10.9. The molecule has 7 nitrogen and oxygen atoms in total. The fourth-order valence-electron chi connectivity index (χ4n) is 5.44. The first-order valence-electron chi connectivity index (χ1n) is 15.2. The molecule has 4 aromatic carbocycles. The third kappa shape index (κ3) is 6.74. The molecule has 0 saturated carbocycles. The molecule has 1 aliphatic rings. The van der Waals surface area contributed by atoms with E-state index in [0.717, 1.165) is 65.8 Å². The summed E-state index contributed by atoms with van der Waals surface area (Å²) in [7, 11) is 0. The van der Waals surface area contributed by atoms with Crippen LogP contribution in [-0.2, 0) is 18.0 Å². The number of benzene rings is 4. The van der Waals surface area contributed by atoms with E-state index in [-0.39, 0.29) is 0 Å². The van der Waals surface area contributed by atoms with E-state index in [0.29, 0.717) is 24.7 Å². The van der Waals surface area contributed by atoms with Crippen LogP contribution in [0.15, 0.2) is 134 Å². The molecule has 1 fully saturated rings. The van der Waals surface area contributed by atoms with Gasteiger partial charge in [-0.1, -0.05) is 78.9 Å². The molecule has 0 aliphatic carbocycles. The number of rotatable bonds is 10. The number of ether oxygens (including phenoxy) is 3. The normalized spacial score (nSPS) is 13.0. The Morgan fingerprint density at radius 1 is 0.622 bits per heavy atom. The minimum Gasteiger partial charge on any atom is -0.485 e. The van der Waals surface area contributed by atoms with E-state index in [4.69, 9.17) is 19.3 Å². The number of hydrogen-bond donors (Lipinski definition) is 0. The van der Waals surface area contributed by atoms with Crippen LogP contribution in [0.1, 0.15) is 11.1 Å². The number of aromatic nitrogens is 3. The third-order valence-electron chi connectivity index (χ3n) is 7.81. The van der Waals surface area contributed by atoms with Gasteiger partial charge in [-0.3, -0.25) is 0 Å². The van der Waals surface area contributed by atoms with Gasteiger partial charge in [-0.2, -0.15) is 5.10 Å². The molecular formula is C38H34N4O3. The van der Waals surface area contributed by atoms with Crippen LogP contribution in [0.2, 0.25) is 0 Å². The van der Waals surface area contributed by atoms with Gasteiger partial charge < -0.3 is 19.1 Å². The van der Waals surface area contributed by atoms with Crippen molar-refractivity contribution in [2.75, 3.05) is 31.2 Å². The Balaban J connectivity index is 1.26. The van der Waals surface area contributed by atoms with Crippen molar-refractivity contribution < 1.29 is 14.2 Å². The lowest BCUT2D eigenvalue weighted by molar-refractivity contribution is 0.122. The maximum atomic E-state index is 6.41. The van der Waals surface area contributed by atoms with Crippen LogP contribution in [0.4, 0.5) is 5.69 Å². The van der Waals surface area contributed by atoms with Crippen molar-refractivity contribution >= 4 is 5.69 Å². The standard InChI is InChI=1S/C38H34N4O3/c1-3-10-29(11-4-1)27-44-36-18-17-32(25-37(36)45-28-30-12-5-2-6-13-30)35-26-34(40-42(35)38-16-7-8-19-39-38)31-14-9-15-33(24-31)41-20-22-43-23-21-41/h1-19,24-26H,20-23,27-28H2. The molecule has 0 radical (unpaired) electrons. The summed E-state index contributed by atoms with van der Waals surface area (Å²) in [5.74, 6) is 2.08. The first-order valence-corrected chi connectivity index (χ1v) is 15.2. The van der Waals surface area contributed by atoms with Gasteiger partial charge in [0.1, 0.15) is 13.2 Å². The Morgan fingerprint density at radius 3 is 2.04 bits per heavy atom. The first kappa shape index (κ1) is 28.4. The van der Waals surface area contributed by atoms with E-state index in [1.165, 1.54) is 5.69 Å². The smallest absolute Gasteiger partial charge is 0.162 e. The van der Waals surface area contributed by atoms with E-state index < -0.39 is 0 Å².